The number of aliphatic carboxylic acids is 1. The Balaban J connectivity index is 4.36. The van der Waals surface area contributed by atoms with Crippen molar-refractivity contribution < 1.29 is 47.5 Å². The minimum Gasteiger partial charge on any atom is -0.480 e. The summed E-state index contributed by atoms with van der Waals surface area (Å²) in [6.45, 7) is 2.79. The number of hydrogen-bond acceptors (Lipinski definition) is 9. The molecule has 0 saturated heterocycles. The third-order valence-corrected chi connectivity index (χ3v) is 10.6. The molecule has 0 rings (SSSR count). The van der Waals surface area contributed by atoms with Crippen LogP contribution in [-0.2, 0) is 37.5 Å². The van der Waals surface area contributed by atoms with Crippen molar-refractivity contribution in [2.75, 3.05) is 19.8 Å². The van der Waals surface area contributed by atoms with E-state index in [4.69, 9.17) is 24.8 Å². The highest BCUT2D eigenvalue weighted by Gasteiger charge is 2.28. The molecular formula is C44H82NO10P. The van der Waals surface area contributed by atoms with Crippen LogP contribution < -0.4 is 5.73 Å². The van der Waals surface area contributed by atoms with Gasteiger partial charge < -0.3 is 25.2 Å². The molecule has 56 heavy (non-hydrogen) atoms. The number of phosphoric ester groups is 1. The van der Waals surface area contributed by atoms with Crippen molar-refractivity contribution in [3.63, 3.8) is 0 Å². The van der Waals surface area contributed by atoms with Crippen LogP contribution in [0.4, 0.5) is 0 Å². The smallest absolute Gasteiger partial charge is 0.472 e. The number of allylic oxidation sites excluding steroid dienone is 4. The first-order valence-corrected chi connectivity index (χ1v) is 23.9. The zero-order valence-electron chi connectivity index (χ0n) is 35.5. The first kappa shape index (κ1) is 54.0. The van der Waals surface area contributed by atoms with Crippen LogP contribution in [0.15, 0.2) is 24.3 Å². The van der Waals surface area contributed by atoms with E-state index in [1.165, 1.54) is 109 Å². The topological polar surface area (TPSA) is 172 Å². The lowest BCUT2D eigenvalue weighted by molar-refractivity contribution is -0.161. The van der Waals surface area contributed by atoms with E-state index < -0.39 is 51.1 Å². The second-order valence-corrected chi connectivity index (χ2v) is 16.6. The Morgan fingerprint density at radius 1 is 0.536 bits per heavy atom. The molecule has 11 nitrogen and oxygen atoms in total. The lowest BCUT2D eigenvalue weighted by Gasteiger charge is -2.20. The number of unbranched alkanes of at least 4 members (excludes halogenated alkanes) is 24. The van der Waals surface area contributed by atoms with Gasteiger partial charge in [0.1, 0.15) is 12.6 Å². The summed E-state index contributed by atoms with van der Waals surface area (Å²) in [6.07, 6.45) is 41.0. The summed E-state index contributed by atoms with van der Waals surface area (Å²) >= 11 is 0. The van der Waals surface area contributed by atoms with Crippen LogP contribution in [0.2, 0.25) is 0 Å². The van der Waals surface area contributed by atoms with Crippen molar-refractivity contribution in [3.8, 4) is 0 Å². The molecule has 0 amide bonds. The van der Waals surface area contributed by atoms with Crippen molar-refractivity contribution in [1.82, 2.24) is 0 Å². The SMILES string of the molecule is CCCCCCCC/C=C/CCCCCCCCCC(=O)O[C@H](COC(=O)CCCCC/C=C/CCCCCCCCCC)COP(=O)(O)OC[C@H](N)C(=O)O. The van der Waals surface area contributed by atoms with Gasteiger partial charge in [0.2, 0.25) is 0 Å². The van der Waals surface area contributed by atoms with Crippen molar-refractivity contribution in [3.05, 3.63) is 24.3 Å². The van der Waals surface area contributed by atoms with Crippen molar-refractivity contribution in [2.24, 2.45) is 5.73 Å². The van der Waals surface area contributed by atoms with Crippen LogP contribution in [0.1, 0.15) is 206 Å². The normalized spacial score (nSPS) is 13.9. The average molecular weight is 816 g/mol. The molecule has 0 aromatic rings. The second-order valence-electron chi connectivity index (χ2n) is 15.2. The average Bonchev–Trinajstić information content (AvgIpc) is 3.17. The van der Waals surface area contributed by atoms with E-state index in [-0.39, 0.29) is 19.4 Å². The van der Waals surface area contributed by atoms with Crippen LogP contribution in [-0.4, -0.2) is 59.9 Å². The van der Waals surface area contributed by atoms with Crippen LogP contribution >= 0.6 is 7.82 Å². The van der Waals surface area contributed by atoms with Gasteiger partial charge in [0.15, 0.2) is 6.10 Å². The van der Waals surface area contributed by atoms with Gasteiger partial charge in [0, 0.05) is 12.8 Å². The minimum absolute atomic E-state index is 0.155. The Morgan fingerprint density at radius 2 is 0.893 bits per heavy atom. The molecule has 0 aliphatic carbocycles. The van der Waals surface area contributed by atoms with Crippen molar-refractivity contribution in [2.45, 2.75) is 219 Å². The molecule has 0 bridgehead atoms. The highest BCUT2D eigenvalue weighted by molar-refractivity contribution is 7.47. The molecule has 0 aliphatic rings. The lowest BCUT2D eigenvalue weighted by Crippen LogP contribution is -2.34. The van der Waals surface area contributed by atoms with Crippen LogP contribution in [0.3, 0.4) is 0 Å². The number of esters is 2. The van der Waals surface area contributed by atoms with Gasteiger partial charge in [-0.3, -0.25) is 23.4 Å². The molecule has 0 spiro atoms. The Labute approximate surface area is 340 Å². The molecule has 1 unspecified atom stereocenters. The van der Waals surface area contributed by atoms with Gasteiger partial charge in [-0.15, -0.1) is 0 Å². The molecular weight excluding hydrogens is 733 g/mol. The highest BCUT2D eigenvalue weighted by Crippen LogP contribution is 2.43. The quantitative estimate of drug-likeness (QED) is 0.0232. The summed E-state index contributed by atoms with van der Waals surface area (Å²) in [4.78, 5) is 46.0. The van der Waals surface area contributed by atoms with Gasteiger partial charge in [0.25, 0.3) is 0 Å². The number of phosphoric acid groups is 1. The summed E-state index contributed by atoms with van der Waals surface area (Å²) in [7, 11) is -4.72. The van der Waals surface area contributed by atoms with Gasteiger partial charge in [0.05, 0.1) is 13.2 Å². The molecule has 0 aromatic heterocycles. The third-order valence-electron chi connectivity index (χ3n) is 9.67. The second kappa shape index (κ2) is 39.8. The predicted octanol–water partition coefficient (Wildman–Crippen LogP) is 11.8. The third kappa shape index (κ3) is 38.8. The number of nitrogens with two attached hydrogens (primary N) is 1. The highest BCUT2D eigenvalue weighted by atomic mass is 31.2. The number of ether oxygens (including phenoxy) is 2. The van der Waals surface area contributed by atoms with Crippen LogP contribution in [0.25, 0.3) is 0 Å². The molecule has 328 valence electrons. The number of carbonyl (C=O) groups excluding carboxylic acids is 2. The Bertz CT molecular complexity index is 1050. The fourth-order valence-corrected chi connectivity index (χ4v) is 6.89. The number of carbonyl (C=O) groups is 3. The maximum absolute atomic E-state index is 12.6. The van der Waals surface area contributed by atoms with E-state index in [0.29, 0.717) is 12.8 Å². The van der Waals surface area contributed by atoms with Crippen molar-refractivity contribution >= 4 is 25.7 Å². The first-order valence-electron chi connectivity index (χ1n) is 22.4. The summed E-state index contributed by atoms with van der Waals surface area (Å²) in [5, 5.41) is 8.89. The van der Waals surface area contributed by atoms with E-state index in [2.05, 4.69) is 42.7 Å². The van der Waals surface area contributed by atoms with Crippen molar-refractivity contribution in [1.29, 1.82) is 0 Å². The van der Waals surface area contributed by atoms with Crippen LogP contribution in [0.5, 0.6) is 0 Å². The standard InChI is InChI=1S/C44H82NO10P/c1-3-5-7-9-11-13-15-17-19-20-22-24-26-28-30-32-34-36-43(47)55-40(38-53-56(50,51)54-39-41(45)44(48)49)37-52-42(46)35-33-31-29-27-25-23-21-18-16-14-12-10-8-6-4-2/h17,19,23,25,40-41H,3-16,18,20-22,24,26-39,45H2,1-2H3,(H,48,49)(H,50,51)/b19-17+,25-23+/t40-,41+/m1/s1. The lowest BCUT2D eigenvalue weighted by atomic mass is 10.1. The summed E-state index contributed by atoms with van der Waals surface area (Å²) < 4.78 is 32.7. The Hall–Kier alpha value is -2.04. The van der Waals surface area contributed by atoms with E-state index >= 15 is 0 Å². The summed E-state index contributed by atoms with van der Waals surface area (Å²) in [5.41, 5.74) is 5.33. The summed E-state index contributed by atoms with van der Waals surface area (Å²) in [5.74, 6) is -2.40. The van der Waals surface area contributed by atoms with E-state index in [1.807, 2.05) is 0 Å². The van der Waals surface area contributed by atoms with E-state index in [0.717, 1.165) is 57.8 Å². The molecule has 3 atom stereocenters. The van der Waals surface area contributed by atoms with E-state index in [9.17, 15) is 23.8 Å². The van der Waals surface area contributed by atoms with Gasteiger partial charge >= 0.3 is 25.7 Å². The molecule has 0 aromatic carbocycles. The monoisotopic (exact) mass is 816 g/mol. The van der Waals surface area contributed by atoms with E-state index in [1.54, 1.807) is 0 Å². The Morgan fingerprint density at radius 3 is 1.32 bits per heavy atom. The maximum Gasteiger partial charge on any atom is 0.472 e. The maximum atomic E-state index is 12.6. The molecule has 0 aliphatic heterocycles. The number of carboxylic acid groups (broad SMARTS) is 1. The van der Waals surface area contributed by atoms with Gasteiger partial charge in [-0.05, 0) is 64.2 Å². The van der Waals surface area contributed by atoms with Gasteiger partial charge in [-0.1, -0.05) is 154 Å². The minimum atomic E-state index is -4.72. The Kier molecular flexibility index (Phi) is 38.3. The largest absolute Gasteiger partial charge is 0.480 e. The molecule has 0 radical (unpaired) electrons. The van der Waals surface area contributed by atoms with Crippen LogP contribution in [0, 0.1) is 0 Å². The zero-order chi connectivity index (χ0) is 41.4. The predicted molar refractivity (Wildman–Crippen MR) is 226 cm³/mol. The first-order chi connectivity index (χ1) is 27.1. The van der Waals surface area contributed by atoms with Gasteiger partial charge in [-0.2, -0.15) is 0 Å². The number of hydrogen-bond donors (Lipinski definition) is 3. The molecule has 0 fully saturated rings. The molecule has 4 N–H and O–H groups in total. The number of rotatable bonds is 42. The fraction of sp³-hybridized carbons (Fsp3) is 0.841. The summed E-state index contributed by atoms with van der Waals surface area (Å²) in [6, 6.07) is -1.52. The van der Waals surface area contributed by atoms with Gasteiger partial charge in [-0.25, -0.2) is 4.57 Å². The molecule has 0 saturated carbocycles. The zero-order valence-corrected chi connectivity index (χ0v) is 36.4. The number of carboxylic acids is 1. The fourth-order valence-electron chi connectivity index (χ4n) is 6.11. The molecule has 12 heteroatoms. The molecule has 0 heterocycles.